The Labute approximate surface area is 159 Å². The molecule has 0 aliphatic heterocycles. The van der Waals surface area contributed by atoms with E-state index in [1.807, 2.05) is 24.3 Å². The summed E-state index contributed by atoms with van der Waals surface area (Å²) in [6.45, 7) is 0.227. The van der Waals surface area contributed by atoms with Crippen molar-refractivity contribution in [1.82, 2.24) is 9.79 Å². The fourth-order valence-electron chi connectivity index (χ4n) is 2.60. The molecule has 1 aliphatic rings. The van der Waals surface area contributed by atoms with E-state index < -0.39 is 15.9 Å². The van der Waals surface area contributed by atoms with Gasteiger partial charge in [-0.2, -0.15) is 0 Å². The molecule has 26 heavy (non-hydrogen) atoms. The molecule has 6 nitrogen and oxygen atoms in total. The van der Waals surface area contributed by atoms with Gasteiger partial charge in [0.05, 0.1) is 5.75 Å². The molecular weight excluding hydrogens is 372 g/mol. The van der Waals surface area contributed by atoms with E-state index in [9.17, 15) is 13.2 Å². The summed E-state index contributed by atoms with van der Waals surface area (Å²) in [6.07, 6.45) is 6.82. The summed E-state index contributed by atoms with van der Waals surface area (Å²) in [6, 6.07) is 8.89. The second-order valence-electron chi connectivity index (χ2n) is 5.92. The van der Waals surface area contributed by atoms with Gasteiger partial charge in [0, 0.05) is 30.8 Å². The van der Waals surface area contributed by atoms with E-state index in [1.165, 1.54) is 9.79 Å². The maximum Gasteiger partial charge on any atom is 0.244 e. The van der Waals surface area contributed by atoms with Crippen molar-refractivity contribution in [2.75, 3.05) is 13.1 Å². The molecule has 0 unspecified atom stereocenters. The number of carbonyl (C=O) groups excluding carboxylic acids is 1. The summed E-state index contributed by atoms with van der Waals surface area (Å²) in [5, 5.41) is 8.65. The highest BCUT2D eigenvalue weighted by Crippen LogP contribution is 2.17. The number of hydrogen-bond donors (Lipinski definition) is 2. The number of benzene rings is 1. The third-order valence-corrected chi connectivity index (χ3v) is 6.30. The van der Waals surface area contributed by atoms with Crippen LogP contribution in [0.1, 0.15) is 24.8 Å². The highest BCUT2D eigenvalue weighted by Gasteiger charge is 2.24. The Bertz CT molecular complexity index is 802. The van der Waals surface area contributed by atoms with Gasteiger partial charge in [0.15, 0.2) is 0 Å². The van der Waals surface area contributed by atoms with Crippen LogP contribution in [0, 0.1) is 0 Å². The second kappa shape index (κ2) is 9.72. The van der Waals surface area contributed by atoms with Crippen LogP contribution in [0.25, 0.3) is 0 Å². The highest BCUT2D eigenvalue weighted by molar-refractivity contribution is 7.88. The molecule has 0 fully saturated rings. The number of sulfonamides is 1. The maximum absolute atomic E-state index is 12.8. The van der Waals surface area contributed by atoms with Gasteiger partial charge in [-0.15, -0.1) is 0 Å². The maximum atomic E-state index is 12.8. The minimum atomic E-state index is -3.61. The van der Waals surface area contributed by atoms with Crippen molar-refractivity contribution in [3.05, 3.63) is 59.7 Å². The summed E-state index contributed by atoms with van der Waals surface area (Å²) in [7, 11) is -3.61. The summed E-state index contributed by atoms with van der Waals surface area (Å²) < 4.78 is 26.9. The van der Waals surface area contributed by atoms with Crippen molar-refractivity contribution in [2.45, 2.75) is 25.0 Å². The van der Waals surface area contributed by atoms with Crippen LogP contribution in [0.5, 0.6) is 0 Å². The van der Waals surface area contributed by atoms with E-state index in [1.54, 1.807) is 24.3 Å². The molecule has 1 aliphatic carbocycles. The van der Waals surface area contributed by atoms with Crippen molar-refractivity contribution >= 4 is 33.0 Å². The van der Waals surface area contributed by atoms with Gasteiger partial charge < -0.3 is 0 Å². The Morgan fingerprint density at radius 3 is 2.62 bits per heavy atom. The van der Waals surface area contributed by atoms with E-state index in [4.69, 9.17) is 17.4 Å². The Balaban J connectivity index is 2.11. The predicted molar refractivity (Wildman–Crippen MR) is 104 cm³/mol. The van der Waals surface area contributed by atoms with Gasteiger partial charge >= 0.3 is 0 Å². The number of carbonyl (C=O) groups is 1. The van der Waals surface area contributed by atoms with Gasteiger partial charge in [0.2, 0.25) is 15.9 Å². The zero-order valence-corrected chi connectivity index (χ0v) is 15.9. The molecule has 0 saturated carbocycles. The Kier molecular flexibility index (Phi) is 7.65. The zero-order valence-electron chi connectivity index (χ0n) is 14.3. The molecule has 0 heterocycles. The fraction of sp³-hybridized carbons (Fsp3) is 0.333. The number of hydroxylamine groups is 1. The number of hydrogen-bond acceptors (Lipinski definition) is 5. The van der Waals surface area contributed by atoms with Crippen molar-refractivity contribution in [2.24, 2.45) is 0 Å². The largest absolute Gasteiger partial charge is 0.289 e. The number of thiocarbonyl (C=S) groups is 1. The molecule has 0 bridgehead atoms. The molecule has 0 radical (unpaired) electrons. The van der Waals surface area contributed by atoms with Gasteiger partial charge in [0.25, 0.3) is 0 Å². The summed E-state index contributed by atoms with van der Waals surface area (Å²) in [5.74, 6) is -0.766. The molecule has 1 aromatic carbocycles. The molecule has 1 aromatic rings. The molecule has 0 atom stereocenters. The first-order valence-corrected chi connectivity index (χ1v) is 10.3. The van der Waals surface area contributed by atoms with Gasteiger partial charge in [-0.1, -0.05) is 60.8 Å². The first kappa shape index (κ1) is 20.4. The molecule has 0 aromatic heterocycles. The number of nitrogens with one attached hydrogen (secondary N) is 1. The average molecular weight is 395 g/mol. The number of rotatable bonds is 9. The molecule has 0 saturated heterocycles. The van der Waals surface area contributed by atoms with Gasteiger partial charge in [-0.25, -0.2) is 18.2 Å². The lowest BCUT2D eigenvalue weighted by molar-refractivity contribution is -0.129. The van der Waals surface area contributed by atoms with Crippen molar-refractivity contribution in [3.8, 4) is 0 Å². The first-order chi connectivity index (χ1) is 12.4. The van der Waals surface area contributed by atoms with Gasteiger partial charge in [-0.3, -0.25) is 10.0 Å². The number of amides is 1. The van der Waals surface area contributed by atoms with Crippen LogP contribution in [0.3, 0.4) is 0 Å². The molecule has 1 amide bonds. The Morgan fingerprint density at radius 2 is 1.96 bits per heavy atom. The fourth-order valence-corrected chi connectivity index (χ4v) is 4.40. The van der Waals surface area contributed by atoms with Crippen molar-refractivity contribution < 1.29 is 18.4 Å². The molecular formula is C18H22N2O4S2. The Morgan fingerprint density at radius 1 is 1.23 bits per heavy atom. The van der Waals surface area contributed by atoms with Crippen molar-refractivity contribution in [3.63, 3.8) is 0 Å². The SMILES string of the molecule is O=C(CCN(CCC1=CC=CCC1=S)S(=O)(=O)Cc1ccccc1)NO. The third-order valence-electron chi connectivity index (χ3n) is 4.02. The zero-order chi connectivity index (χ0) is 19.0. The van der Waals surface area contributed by atoms with Crippen LogP contribution >= 0.6 is 12.2 Å². The summed E-state index contributed by atoms with van der Waals surface area (Å²) >= 11 is 5.32. The van der Waals surface area contributed by atoms with E-state index in [0.29, 0.717) is 18.4 Å². The molecule has 0 spiro atoms. The van der Waals surface area contributed by atoms with Crippen LogP contribution in [0.15, 0.2) is 54.1 Å². The monoisotopic (exact) mass is 394 g/mol. The predicted octanol–water partition coefficient (Wildman–Crippen LogP) is 2.36. The van der Waals surface area contributed by atoms with Crippen molar-refractivity contribution in [1.29, 1.82) is 0 Å². The van der Waals surface area contributed by atoms with Crippen LogP contribution in [-0.2, 0) is 20.6 Å². The van der Waals surface area contributed by atoms with Crippen LogP contribution in [0.2, 0.25) is 0 Å². The number of allylic oxidation sites excluding steroid dienone is 3. The lowest BCUT2D eigenvalue weighted by Crippen LogP contribution is -2.36. The minimum absolute atomic E-state index is 0.00254. The lowest BCUT2D eigenvalue weighted by atomic mass is 10.0. The van der Waals surface area contributed by atoms with Crippen LogP contribution in [-0.4, -0.2) is 41.8 Å². The van der Waals surface area contributed by atoms with E-state index in [2.05, 4.69) is 0 Å². The molecule has 8 heteroatoms. The quantitative estimate of drug-likeness (QED) is 0.381. The smallest absolute Gasteiger partial charge is 0.244 e. The lowest BCUT2D eigenvalue weighted by Gasteiger charge is -2.23. The summed E-state index contributed by atoms with van der Waals surface area (Å²) in [4.78, 5) is 12.1. The molecule has 2 rings (SSSR count). The highest BCUT2D eigenvalue weighted by atomic mass is 32.2. The normalized spacial score (nSPS) is 14.4. The molecule has 140 valence electrons. The standard InChI is InChI=1S/C18H22N2O4S2/c21-18(19-22)11-13-20(12-10-16-8-4-5-9-17(16)25)26(23,24)14-15-6-2-1-3-7-15/h1-8,22H,9-14H2,(H,19,21). The minimum Gasteiger partial charge on any atom is -0.289 e. The summed E-state index contributed by atoms with van der Waals surface area (Å²) in [5.41, 5.74) is 3.15. The topological polar surface area (TPSA) is 86.7 Å². The third kappa shape index (κ3) is 6.14. The Hall–Kier alpha value is -1.87. The van der Waals surface area contributed by atoms with Crippen LogP contribution in [0.4, 0.5) is 0 Å². The van der Waals surface area contributed by atoms with E-state index in [0.717, 1.165) is 10.4 Å². The van der Waals surface area contributed by atoms with Gasteiger partial charge in [0.1, 0.15) is 0 Å². The van der Waals surface area contributed by atoms with E-state index >= 15 is 0 Å². The van der Waals surface area contributed by atoms with Gasteiger partial charge in [-0.05, 0) is 17.6 Å². The van der Waals surface area contributed by atoms with E-state index in [-0.39, 0.29) is 25.3 Å². The first-order valence-electron chi connectivity index (χ1n) is 8.26. The average Bonchev–Trinajstić information content (AvgIpc) is 2.63. The molecule has 2 N–H and O–H groups in total. The van der Waals surface area contributed by atoms with Crippen LogP contribution < -0.4 is 5.48 Å². The second-order valence-corrected chi connectivity index (χ2v) is 8.38. The number of nitrogens with zero attached hydrogens (tertiary/aromatic N) is 1.